The zero-order valence-corrected chi connectivity index (χ0v) is 16.4. The van der Waals surface area contributed by atoms with E-state index in [1.165, 1.54) is 14.0 Å². The van der Waals surface area contributed by atoms with Crippen molar-refractivity contribution in [3.8, 4) is 17.0 Å². The summed E-state index contributed by atoms with van der Waals surface area (Å²) >= 11 is 0. The largest absolute Gasteiger partial charge is 0.493 e. The Labute approximate surface area is 165 Å². The van der Waals surface area contributed by atoms with E-state index in [0.717, 1.165) is 0 Å². The molecule has 0 radical (unpaired) electrons. The van der Waals surface area contributed by atoms with Crippen LogP contribution < -0.4 is 15.4 Å². The zero-order valence-electron chi connectivity index (χ0n) is 16.4. The van der Waals surface area contributed by atoms with Crippen LogP contribution in [0.3, 0.4) is 0 Å². The van der Waals surface area contributed by atoms with Gasteiger partial charge in [-0.3, -0.25) is 14.9 Å². The molecule has 1 amide bonds. The summed E-state index contributed by atoms with van der Waals surface area (Å²) in [6.07, 6.45) is 6.52. The highest BCUT2D eigenvalue weighted by Gasteiger charge is 2.24. The Hall–Kier alpha value is -3.69. The molecule has 0 saturated carbocycles. The third-order valence-corrected chi connectivity index (χ3v) is 4.34. The summed E-state index contributed by atoms with van der Waals surface area (Å²) in [5, 5.41) is 13.3. The first-order valence-electron chi connectivity index (χ1n) is 9.00. The maximum Gasteiger partial charge on any atom is 0.222 e. The summed E-state index contributed by atoms with van der Waals surface area (Å²) in [4.78, 5) is 20.0. The molecule has 4 aromatic rings. The predicted octanol–water partition coefficient (Wildman–Crippen LogP) is 3.20. The molecule has 0 fully saturated rings. The van der Waals surface area contributed by atoms with E-state index in [9.17, 15) is 4.79 Å². The molecule has 3 aromatic heterocycles. The normalized spacial score (nSPS) is 11.4. The minimum Gasteiger partial charge on any atom is -0.493 e. The number of aromatic amines is 1. The van der Waals surface area contributed by atoms with Crippen LogP contribution in [-0.4, -0.2) is 43.6 Å². The average Bonchev–Trinajstić information content (AvgIpc) is 3.28. The monoisotopic (exact) mass is 397 g/mol. The number of fused-ring (bicyclic) bond motifs is 2. The topological polar surface area (TPSA) is 109 Å². The van der Waals surface area contributed by atoms with Gasteiger partial charge < -0.3 is 19.8 Å². The number of imidazole rings is 1. The summed E-state index contributed by atoms with van der Waals surface area (Å²) in [5.74, 6) is -0.284. The molecule has 0 atom stereocenters. The highest BCUT2D eigenvalue weighted by Crippen LogP contribution is 2.42. The third-order valence-electron chi connectivity index (χ3n) is 4.34. The minimum atomic E-state index is -0.528. The van der Waals surface area contributed by atoms with Gasteiger partial charge in [-0.05, 0) is 13.8 Å². The Morgan fingerprint density at radius 2 is 2.10 bits per heavy atom. The van der Waals surface area contributed by atoms with Gasteiger partial charge in [0.2, 0.25) is 5.91 Å². The van der Waals surface area contributed by atoms with Crippen LogP contribution in [0.25, 0.3) is 27.8 Å². The molecular weight excluding hydrogens is 377 g/mol. The lowest BCUT2D eigenvalue weighted by molar-refractivity contribution is -0.114. The van der Waals surface area contributed by atoms with Crippen LogP contribution in [0.4, 0.5) is 15.9 Å². The molecule has 3 heterocycles. The van der Waals surface area contributed by atoms with E-state index < -0.39 is 5.82 Å². The Morgan fingerprint density at radius 1 is 1.31 bits per heavy atom. The molecule has 150 valence electrons. The van der Waals surface area contributed by atoms with E-state index in [-0.39, 0.29) is 17.7 Å². The van der Waals surface area contributed by atoms with Gasteiger partial charge in [-0.25, -0.2) is 9.37 Å². The molecule has 29 heavy (non-hydrogen) atoms. The molecule has 3 N–H and O–H groups in total. The van der Waals surface area contributed by atoms with Crippen LogP contribution in [0.1, 0.15) is 20.8 Å². The molecule has 0 unspecified atom stereocenters. The van der Waals surface area contributed by atoms with E-state index in [2.05, 4.69) is 30.8 Å². The number of nitrogens with zero attached hydrogens (tertiary/aromatic N) is 4. The quantitative estimate of drug-likeness (QED) is 0.477. The van der Waals surface area contributed by atoms with Crippen LogP contribution >= 0.6 is 0 Å². The fourth-order valence-electron chi connectivity index (χ4n) is 3.26. The molecule has 9 nitrogen and oxygen atoms in total. The second-order valence-electron chi connectivity index (χ2n) is 6.90. The maximum atomic E-state index is 15.3. The summed E-state index contributed by atoms with van der Waals surface area (Å²) < 4.78 is 22.4. The lowest BCUT2D eigenvalue weighted by Gasteiger charge is -2.17. The van der Waals surface area contributed by atoms with Crippen molar-refractivity contribution in [2.75, 3.05) is 17.7 Å². The number of hydrogen-bond donors (Lipinski definition) is 3. The Morgan fingerprint density at radius 3 is 2.79 bits per heavy atom. The van der Waals surface area contributed by atoms with Crippen molar-refractivity contribution >= 4 is 34.0 Å². The van der Waals surface area contributed by atoms with Gasteiger partial charge in [0.05, 0.1) is 42.5 Å². The number of benzene rings is 1. The fourth-order valence-corrected chi connectivity index (χ4v) is 3.26. The summed E-state index contributed by atoms with van der Waals surface area (Å²) in [5.41, 5.74) is 2.31. The van der Waals surface area contributed by atoms with Gasteiger partial charge in [-0.2, -0.15) is 5.10 Å². The van der Waals surface area contributed by atoms with Crippen molar-refractivity contribution < 1.29 is 13.9 Å². The number of methoxy groups -OCH3 is 1. The lowest BCUT2D eigenvalue weighted by atomic mass is 10.0. The van der Waals surface area contributed by atoms with Gasteiger partial charge in [0.25, 0.3) is 0 Å². The molecule has 0 bridgehead atoms. The van der Waals surface area contributed by atoms with Crippen molar-refractivity contribution in [3.05, 3.63) is 30.6 Å². The molecule has 10 heteroatoms. The predicted molar refractivity (Wildman–Crippen MR) is 108 cm³/mol. The van der Waals surface area contributed by atoms with Gasteiger partial charge in [-0.1, -0.05) is 0 Å². The van der Waals surface area contributed by atoms with Crippen molar-refractivity contribution in [1.29, 1.82) is 0 Å². The Bertz CT molecular complexity index is 1230. The third kappa shape index (κ3) is 3.22. The number of anilines is 2. The number of halogens is 1. The summed E-state index contributed by atoms with van der Waals surface area (Å²) in [6, 6.07) is 0.0131. The average molecular weight is 397 g/mol. The molecular formula is C19H20FN7O2. The van der Waals surface area contributed by atoms with E-state index in [1.54, 1.807) is 29.2 Å². The highest BCUT2D eigenvalue weighted by molar-refractivity contribution is 6.03. The molecule has 0 aliphatic rings. The number of rotatable bonds is 5. The van der Waals surface area contributed by atoms with Gasteiger partial charge in [0, 0.05) is 24.5 Å². The first-order valence-corrected chi connectivity index (χ1v) is 9.00. The first kappa shape index (κ1) is 18.7. The first-order chi connectivity index (χ1) is 13.9. The van der Waals surface area contributed by atoms with E-state index >= 15 is 4.39 Å². The SMILES string of the molecule is COc1c(F)c(NC(C)C)c2[nH]ncc2c1-c1cn2cc(NC(C)=O)nc2cn1. The Balaban J connectivity index is 1.93. The lowest BCUT2D eigenvalue weighted by Crippen LogP contribution is -2.12. The number of ether oxygens (including phenoxy) is 1. The Kier molecular flexibility index (Phi) is 4.53. The number of aromatic nitrogens is 5. The van der Waals surface area contributed by atoms with Gasteiger partial charge in [0.15, 0.2) is 23.0 Å². The summed E-state index contributed by atoms with van der Waals surface area (Å²) in [6.45, 7) is 5.25. The van der Waals surface area contributed by atoms with Crippen molar-refractivity contribution in [2.45, 2.75) is 26.8 Å². The highest BCUT2D eigenvalue weighted by atomic mass is 19.1. The molecule has 4 rings (SSSR count). The number of nitrogens with one attached hydrogen (secondary N) is 3. The van der Waals surface area contributed by atoms with E-state index in [4.69, 9.17) is 4.74 Å². The molecule has 1 aromatic carbocycles. The van der Waals surface area contributed by atoms with E-state index in [1.807, 2.05) is 13.8 Å². The molecule has 0 aliphatic carbocycles. The van der Waals surface area contributed by atoms with Crippen LogP contribution in [0.5, 0.6) is 5.75 Å². The minimum absolute atomic E-state index is 0.0131. The second-order valence-corrected chi connectivity index (χ2v) is 6.90. The maximum absolute atomic E-state index is 15.3. The van der Waals surface area contributed by atoms with Crippen LogP contribution in [-0.2, 0) is 4.79 Å². The number of H-pyrrole nitrogens is 1. The molecule has 0 spiro atoms. The van der Waals surface area contributed by atoms with Crippen molar-refractivity contribution in [1.82, 2.24) is 24.6 Å². The van der Waals surface area contributed by atoms with Crippen LogP contribution in [0.15, 0.2) is 24.8 Å². The standard InChI is InChI=1S/C19H20FN7O2/c1-9(2)23-18-16(20)19(29-4)15(11-5-22-26-17(11)18)12-7-27-8-13(24-10(3)28)25-14(27)6-21-12/h5-9,23H,1-4H3,(H,22,26)(H,24,28). The molecule has 0 aliphatic heterocycles. The van der Waals surface area contributed by atoms with Crippen LogP contribution in [0, 0.1) is 5.82 Å². The molecule has 0 saturated heterocycles. The second kappa shape index (κ2) is 7.04. The van der Waals surface area contributed by atoms with Crippen LogP contribution in [0.2, 0.25) is 0 Å². The fraction of sp³-hybridized carbons (Fsp3) is 0.263. The number of carbonyl (C=O) groups is 1. The smallest absolute Gasteiger partial charge is 0.222 e. The number of hydrogen-bond acceptors (Lipinski definition) is 6. The number of carbonyl (C=O) groups excluding carboxylic acids is 1. The summed E-state index contributed by atoms with van der Waals surface area (Å²) in [7, 11) is 1.41. The van der Waals surface area contributed by atoms with Gasteiger partial charge >= 0.3 is 0 Å². The van der Waals surface area contributed by atoms with Crippen molar-refractivity contribution in [2.24, 2.45) is 0 Å². The van der Waals surface area contributed by atoms with Gasteiger partial charge in [0.1, 0.15) is 5.69 Å². The zero-order chi connectivity index (χ0) is 20.7. The van der Waals surface area contributed by atoms with Crippen molar-refractivity contribution in [3.63, 3.8) is 0 Å². The van der Waals surface area contributed by atoms with E-state index in [0.29, 0.717) is 39.3 Å². The van der Waals surface area contributed by atoms with Gasteiger partial charge in [-0.15, -0.1) is 0 Å². The number of amides is 1.